The van der Waals surface area contributed by atoms with Crippen LogP contribution < -0.4 is 5.32 Å². The highest BCUT2D eigenvalue weighted by Crippen LogP contribution is 2.38. The van der Waals surface area contributed by atoms with Gasteiger partial charge in [-0.3, -0.25) is 9.59 Å². The predicted octanol–water partition coefficient (Wildman–Crippen LogP) is 1.94. The minimum absolute atomic E-state index is 0.00882. The average Bonchev–Trinajstić information content (AvgIpc) is 2.85. The lowest BCUT2D eigenvalue weighted by Gasteiger charge is -2.46. The molecule has 0 radical (unpaired) electrons. The van der Waals surface area contributed by atoms with Gasteiger partial charge in [0, 0.05) is 37.0 Å². The fourth-order valence-corrected chi connectivity index (χ4v) is 4.50. The van der Waals surface area contributed by atoms with Crippen LogP contribution in [0.25, 0.3) is 0 Å². The molecule has 0 aromatic heterocycles. The monoisotopic (exact) mass is 433 g/mol. The SMILES string of the molecule is C[C@H]1CC[C@H](C)N2C[C@H]1N1C=C(C(=O)NCc3ccc(F)cc3F)C(O)C(O)=C1C2=O. The quantitative estimate of drug-likeness (QED) is 0.678. The number of aliphatic hydroxyl groups excluding tert-OH is 2. The number of hydrogen-bond donors (Lipinski definition) is 3. The molecule has 1 aromatic carbocycles. The van der Waals surface area contributed by atoms with Crippen molar-refractivity contribution in [3.8, 4) is 0 Å². The van der Waals surface area contributed by atoms with Crippen molar-refractivity contribution in [1.29, 1.82) is 0 Å². The predicted molar refractivity (Wildman–Crippen MR) is 107 cm³/mol. The summed E-state index contributed by atoms with van der Waals surface area (Å²) in [6, 6.07) is 2.89. The molecular formula is C22H25F2N3O4. The molecule has 3 aliphatic heterocycles. The van der Waals surface area contributed by atoms with Crippen molar-refractivity contribution in [2.45, 2.75) is 51.4 Å². The first kappa shape index (κ1) is 21.3. The molecule has 3 aliphatic rings. The molecular weight excluding hydrogens is 408 g/mol. The van der Waals surface area contributed by atoms with E-state index in [4.69, 9.17) is 0 Å². The first-order valence-electron chi connectivity index (χ1n) is 10.3. The van der Waals surface area contributed by atoms with Crippen molar-refractivity contribution in [2.24, 2.45) is 5.92 Å². The van der Waals surface area contributed by atoms with Crippen LogP contribution in [0.2, 0.25) is 0 Å². The number of benzene rings is 1. The van der Waals surface area contributed by atoms with Gasteiger partial charge in [-0.05, 0) is 31.7 Å². The zero-order chi connectivity index (χ0) is 22.4. The lowest BCUT2D eigenvalue weighted by atomic mass is 9.91. The fraction of sp³-hybridized carbons (Fsp3) is 0.455. The maximum Gasteiger partial charge on any atom is 0.274 e. The third-order valence-electron chi connectivity index (χ3n) is 6.48. The van der Waals surface area contributed by atoms with E-state index in [2.05, 4.69) is 12.2 Å². The van der Waals surface area contributed by atoms with Crippen molar-refractivity contribution in [1.82, 2.24) is 15.1 Å². The Morgan fingerprint density at radius 3 is 2.71 bits per heavy atom. The maximum atomic E-state index is 13.8. The number of halogens is 2. The summed E-state index contributed by atoms with van der Waals surface area (Å²) in [5.41, 5.74) is -0.0729. The van der Waals surface area contributed by atoms with Crippen molar-refractivity contribution >= 4 is 11.8 Å². The number of nitrogens with zero attached hydrogens (tertiary/aromatic N) is 2. The van der Waals surface area contributed by atoms with Crippen molar-refractivity contribution in [2.75, 3.05) is 6.54 Å². The summed E-state index contributed by atoms with van der Waals surface area (Å²) in [6.07, 6.45) is 1.43. The van der Waals surface area contributed by atoms with Crippen LogP contribution >= 0.6 is 0 Å². The standard InChI is InChI=1S/C22H25F2N3O4/c1-11-3-4-12(2)26-10-17(11)27-9-15(19(28)20(29)18(27)22(26)31)21(30)25-8-13-5-6-14(23)7-16(13)24/h5-7,9,11-12,17,19,28-29H,3-4,8,10H2,1-2H3,(H,25,30)/t11-,12-,17+,19?/m0/s1. The summed E-state index contributed by atoms with van der Waals surface area (Å²) < 4.78 is 26.9. The van der Waals surface area contributed by atoms with E-state index in [1.54, 1.807) is 9.80 Å². The summed E-state index contributed by atoms with van der Waals surface area (Å²) in [5, 5.41) is 23.7. The molecule has 2 fully saturated rings. The molecule has 2 amide bonds. The molecule has 4 rings (SSSR count). The highest BCUT2D eigenvalue weighted by Gasteiger charge is 2.47. The van der Waals surface area contributed by atoms with Crippen molar-refractivity contribution in [3.05, 3.63) is 58.6 Å². The number of aliphatic hydroxyl groups is 2. The van der Waals surface area contributed by atoms with Gasteiger partial charge in [-0.2, -0.15) is 0 Å². The van der Waals surface area contributed by atoms with Crippen molar-refractivity contribution in [3.63, 3.8) is 0 Å². The van der Waals surface area contributed by atoms with Crippen LogP contribution in [0.5, 0.6) is 0 Å². The Morgan fingerprint density at radius 2 is 2.00 bits per heavy atom. The van der Waals surface area contributed by atoms with E-state index in [9.17, 15) is 28.6 Å². The summed E-state index contributed by atoms with van der Waals surface area (Å²) in [5.74, 6) is -3.00. The molecule has 3 heterocycles. The highest BCUT2D eigenvalue weighted by molar-refractivity contribution is 5.99. The Kier molecular flexibility index (Phi) is 5.47. The lowest BCUT2D eigenvalue weighted by Crippen LogP contribution is -2.57. The molecule has 9 heteroatoms. The second-order valence-electron chi connectivity index (χ2n) is 8.48. The van der Waals surface area contributed by atoms with Gasteiger partial charge < -0.3 is 25.3 Å². The molecule has 3 N–H and O–H groups in total. The number of piperazine rings is 1. The maximum absolute atomic E-state index is 13.8. The lowest BCUT2D eigenvalue weighted by molar-refractivity contribution is -0.135. The Balaban J connectivity index is 1.60. The molecule has 4 atom stereocenters. The number of amides is 2. The second-order valence-corrected chi connectivity index (χ2v) is 8.48. The first-order chi connectivity index (χ1) is 14.7. The van der Waals surface area contributed by atoms with E-state index in [0.29, 0.717) is 6.54 Å². The number of carbonyl (C=O) groups excluding carboxylic acids is 2. The topological polar surface area (TPSA) is 93.1 Å². The van der Waals surface area contributed by atoms with Crippen LogP contribution in [0.3, 0.4) is 0 Å². The number of hydrogen-bond acceptors (Lipinski definition) is 5. The Hall–Kier alpha value is -2.94. The van der Waals surface area contributed by atoms with Gasteiger partial charge in [0.25, 0.3) is 11.8 Å². The average molecular weight is 433 g/mol. The van der Waals surface area contributed by atoms with Gasteiger partial charge in [0.1, 0.15) is 23.4 Å². The summed E-state index contributed by atoms with van der Waals surface area (Å²) >= 11 is 0. The molecule has 2 bridgehead atoms. The van der Waals surface area contributed by atoms with Gasteiger partial charge >= 0.3 is 0 Å². The van der Waals surface area contributed by atoms with Crippen molar-refractivity contribution < 1.29 is 28.6 Å². The van der Waals surface area contributed by atoms with E-state index in [1.807, 2.05) is 6.92 Å². The highest BCUT2D eigenvalue weighted by atomic mass is 19.1. The molecule has 0 spiro atoms. The zero-order valence-corrected chi connectivity index (χ0v) is 17.3. The number of rotatable bonds is 3. The summed E-state index contributed by atoms with van der Waals surface area (Å²) in [4.78, 5) is 29.0. The number of carbonyl (C=O) groups is 2. The largest absolute Gasteiger partial charge is 0.507 e. The first-order valence-corrected chi connectivity index (χ1v) is 10.3. The molecule has 7 nitrogen and oxygen atoms in total. The van der Waals surface area contributed by atoms with Crippen LogP contribution in [0.4, 0.5) is 8.78 Å². The van der Waals surface area contributed by atoms with Crippen LogP contribution in [0.15, 0.2) is 41.4 Å². The van der Waals surface area contributed by atoms with Gasteiger partial charge in [-0.15, -0.1) is 0 Å². The van der Waals surface area contributed by atoms with Gasteiger partial charge in [-0.1, -0.05) is 13.0 Å². The van der Waals surface area contributed by atoms with E-state index in [1.165, 1.54) is 12.3 Å². The fourth-order valence-electron chi connectivity index (χ4n) is 4.50. The molecule has 31 heavy (non-hydrogen) atoms. The van der Waals surface area contributed by atoms with Crippen LogP contribution in [-0.4, -0.2) is 56.6 Å². The summed E-state index contributed by atoms with van der Waals surface area (Å²) in [6.45, 7) is 4.25. The van der Waals surface area contributed by atoms with E-state index in [-0.39, 0.29) is 47.3 Å². The summed E-state index contributed by atoms with van der Waals surface area (Å²) in [7, 11) is 0. The molecule has 1 unspecified atom stereocenters. The van der Waals surface area contributed by atoms with E-state index < -0.39 is 29.4 Å². The number of nitrogens with one attached hydrogen (secondary N) is 1. The molecule has 1 aromatic rings. The van der Waals surface area contributed by atoms with Gasteiger partial charge in [0.05, 0.1) is 11.6 Å². The Morgan fingerprint density at radius 1 is 1.26 bits per heavy atom. The van der Waals surface area contributed by atoms with Crippen LogP contribution in [0, 0.1) is 17.6 Å². The second kappa shape index (κ2) is 7.96. The Bertz CT molecular complexity index is 993. The molecule has 166 valence electrons. The number of fused-ring (bicyclic) bond motifs is 4. The zero-order valence-electron chi connectivity index (χ0n) is 17.3. The van der Waals surface area contributed by atoms with Gasteiger partial charge in [0.2, 0.25) is 0 Å². The van der Waals surface area contributed by atoms with E-state index >= 15 is 0 Å². The van der Waals surface area contributed by atoms with Gasteiger partial charge in [-0.25, -0.2) is 8.78 Å². The Labute approximate surface area is 178 Å². The van der Waals surface area contributed by atoms with Gasteiger partial charge in [0.15, 0.2) is 5.76 Å². The smallest absolute Gasteiger partial charge is 0.274 e. The van der Waals surface area contributed by atoms with E-state index in [0.717, 1.165) is 25.0 Å². The van der Waals surface area contributed by atoms with Crippen LogP contribution in [-0.2, 0) is 16.1 Å². The molecule has 2 saturated heterocycles. The minimum atomic E-state index is -1.68. The molecule has 0 saturated carbocycles. The third kappa shape index (κ3) is 3.67. The third-order valence-corrected chi connectivity index (χ3v) is 6.48. The van der Waals surface area contributed by atoms with Crippen LogP contribution in [0.1, 0.15) is 32.3 Å². The molecule has 0 aliphatic carbocycles. The normalized spacial score (nSPS) is 28.2. The minimum Gasteiger partial charge on any atom is -0.507 e.